The van der Waals surface area contributed by atoms with E-state index in [9.17, 15) is 21.0 Å². The molecule has 0 atom stereocenters. The quantitative estimate of drug-likeness (QED) is 0.234. The Morgan fingerprint density at radius 2 is 0.895 bits per heavy atom. The fraction of sp³-hybridized carbons (Fsp3) is 0.0714. The van der Waals surface area contributed by atoms with Gasteiger partial charge in [0, 0.05) is 22.6 Å². The van der Waals surface area contributed by atoms with E-state index in [0.29, 0.717) is 43.8 Å². The van der Waals surface area contributed by atoms with Crippen molar-refractivity contribution in [2.45, 2.75) is 10.1 Å². The number of nitriles is 4. The molecule has 0 saturated heterocycles. The first-order valence-electron chi connectivity index (χ1n) is 11.2. The second kappa shape index (κ2) is 11.8. The molecule has 0 fully saturated rings. The molecule has 2 aromatic carbocycles. The smallest absolute Gasteiger partial charge is 0.143 e. The van der Waals surface area contributed by atoms with Crippen LogP contribution >= 0.6 is 23.5 Å². The molecule has 2 heterocycles. The lowest BCUT2D eigenvalue weighted by Gasteiger charge is -2.14. The highest BCUT2D eigenvalue weighted by Gasteiger charge is 2.22. The summed E-state index contributed by atoms with van der Waals surface area (Å²) >= 11 is 2.64. The van der Waals surface area contributed by atoms with Crippen LogP contribution < -0.4 is 11.5 Å². The molecule has 4 N–H and O–H groups in total. The van der Waals surface area contributed by atoms with E-state index in [2.05, 4.69) is 34.2 Å². The van der Waals surface area contributed by atoms with Crippen LogP contribution in [0.1, 0.15) is 22.3 Å². The van der Waals surface area contributed by atoms with Gasteiger partial charge in [0.25, 0.3) is 0 Å². The van der Waals surface area contributed by atoms with Gasteiger partial charge in [0.2, 0.25) is 0 Å². The normalized spacial score (nSPS) is 10.1. The monoisotopic (exact) mass is 530 g/mol. The number of nitrogens with zero attached hydrogens (tertiary/aromatic N) is 6. The van der Waals surface area contributed by atoms with E-state index < -0.39 is 0 Å². The Hall–Kier alpha value is -5.00. The lowest BCUT2D eigenvalue weighted by Crippen LogP contribution is -2.05. The lowest BCUT2D eigenvalue weighted by molar-refractivity contribution is 1.11. The molecular formula is C28H18N8S2. The minimum absolute atomic E-state index is 0.0568. The van der Waals surface area contributed by atoms with Gasteiger partial charge in [-0.15, -0.1) is 23.5 Å². The standard InChI is InChI=1S/C28H18N8S2/c29-13-19-23(17-7-3-1-4-8-17)21(15-31)27(35-25(19)33)37-11-12-38-28-22(16-32)24(18-9-5-2-6-10-18)20(14-30)26(34)36-28/h1-10H,11-12H2,(H2,33,35)(H2,34,36). The number of nitrogens with two attached hydrogens (primary N) is 2. The summed E-state index contributed by atoms with van der Waals surface area (Å²) in [7, 11) is 0. The summed E-state index contributed by atoms with van der Waals surface area (Å²) in [4.78, 5) is 8.66. The highest BCUT2D eigenvalue weighted by atomic mass is 32.2. The molecule has 0 aliphatic rings. The topological polar surface area (TPSA) is 173 Å². The van der Waals surface area contributed by atoms with E-state index in [-0.39, 0.29) is 33.9 Å². The molecule has 4 rings (SSSR count). The number of hydrogen-bond acceptors (Lipinski definition) is 10. The minimum atomic E-state index is 0.0568. The fourth-order valence-electron chi connectivity index (χ4n) is 3.87. The summed E-state index contributed by atoms with van der Waals surface area (Å²) in [6.45, 7) is 0. The van der Waals surface area contributed by atoms with Gasteiger partial charge in [-0.2, -0.15) is 21.0 Å². The number of aromatic nitrogens is 2. The number of anilines is 2. The molecule has 2 aromatic heterocycles. The molecule has 4 aromatic rings. The number of hydrogen-bond donors (Lipinski definition) is 2. The van der Waals surface area contributed by atoms with E-state index >= 15 is 0 Å². The Balaban J connectivity index is 1.62. The van der Waals surface area contributed by atoms with Crippen molar-refractivity contribution in [3.8, 4) is 46.5 Å². The molecule has 0 radical (unpaired) electrons. The zero-order valence-corrected chi connectivity index (χ0v) is 21.5. The average Bonchev–Trinajstić information content (AvgIpc) is 2.95. The molecule has 10 heteroatoms. The van der Waals surface area contributed by atoms with Crippen LogP contribution in [0, 0.1) is 45.3 Å². The second-order valence-electron chi connectivity index (χ2n) is 7.73. The maximum absolute atomic E-state index is 9.95. The molecule has 38 heavy (non-hydrogen) atoms. The van der Waals surface area contributed by atoms with Crippen LogP contribution in [-0.2, 0) is 0 Å². The molecule has 0 aliphatic carbocycles. The van der Waals surface area contributed by atoms with Crippen molar-refractivity contribution in [2.75, 3.05) is 23.0 Å². The summed E-state index contributed by atoms with van der Waals surface area (Å²) in [6.07, 6.45) is 0. The molecule has 0 saturated carbocycles. The first-order chi connectivity index (χ1) is 18.5. The Morgan fingerprint density at radius 3 is 1.21 bits per heavy atom. The van der Waals surface area contributed by atoms with Crippen LogP contribution in [0.15, 0.2) is 70.7 Å². The van der Waals surface area contributed by atoms with Crippen LogP contribution in [0.2, 0.25) is 0 Å². The Morgan fingerprint density at radius 1 is 0.553 bits per heavy atom. The van der Waals surface area contributed by atoms with Gasteiger partial charge in [-0.05, 0) is 11.1 Å². The Kier molecular flexibility index (Phi) is 8.11. The van der Waals surface area contributed by atoms with E-state index in [1.807, 2.05) is 60.7 Å². The molecule has 0 unspecified atom stereocenters. The molecule has 0 spiro atoms. The lowest BCUT2D eigenvalue weighted by atomic mass is 9.97. The van der Waals surface area contributed by atoms with Gasteiger partial charge in [0.1, 0.15) is 57.1 Å². The van der Waals surface area contributed by atoms with Crippen molar-refractivity contribution in [3.63, 3.8) is 0 Å². The number of thioether (sulfide) groups is 2. The van der Waals surface area contributed by atoms with Crippen LogP contribution in [0.25, 0.3) is 22.3 Å². The van der Waals surface area contributed by atoms with Crippen LogP contribution in [0.3, 0.4) is 0 Å². The summed E-state index contributed by atoms with van der Waals surface area (Å²) < 4.78 is 0. The number of benzene rings is 2. The van der Waals surface area contributed by atoms with Gasteiger partial charge in [0.05, 0.1) is 11.1 Å². The van der Waals surface area contributed by atoms with Gasteiger partial charge in [0.15, 0.2) is 0 Å². The van der Waals surface area contributed by atoms with Gasteiger partial charge < -0.3 is 11.5 Å². The molecule has 182 valence electrons. The first kappa shape index (κ1) is 26.1. The highest BCUT2D eigenvalue weighted by molar-refractivity contribution is 8.03. The zero-order valence-electron chi connectivity index (χ0n) is 19.8. The molecule has 8 nitrogen and oxygen atoms in total. The number of pyridine rings is 2. The van der Waals surface area contributed by atoms with E-state index in [1.165, 1.54) is 23.5 Å². The largest absolute Gasteiger partial charge is 0.383 e. The third-order valence-electron chi connectivity index (χ3n) is 5.52. The summed E-state index contributed by atoms with van der Waals surface area (Å²) in [5.41, 5.74) is 15.4. The fourth-order valence-corrected chi connectivity index (χ4v) is 5.83. The van der Waals surface area contributed by atoms with Crippen molar-refractivity contribution >= 4 is 35.2 Å². The van der Waals surface area contributed by atoms with Crippen molar-refractivity contribution < 1.29 is 0 Å². The number of rotatable bonds is 7. The van der Waals surface area contributed by atoms with Crippen molar-refractivity contribution in [2.24, 2.45) is 0 Å². The Labute approximate surface area is 228 Å². The third-order valence-corrected chi connectivity index (χ3v) is 7.73. The summed E-state index contributed by atoms with van der Waals surface area (Å²) in [5, 5.41) is 40.1. The minimum Gasteiger partial charge on any atom is -0.383 e. The molecular weight excluding hydrogens is 512 g/mol. The molecule has 0 aliphatic heterocycles. The predicted molar refractivity (Wildman–Crippen MR) is 148 cm³/mol. The van der Waals surface area contributed by atoms with E-state index in [1.54, 1.807) is 0 Å². The second-order valence-corrected chi connectivity index (χ2v) is 9.90. The first-order valence-corrected chi connectivity index (χ1v) is 13.1. The van der Waals surface area contributed by atoms with Gasteiger partial charge in [-0.25, -0.2) is 9.97 Å². The average molecular weight is 531 g/mol. The van der Waals surface area contributed by atoms with Crippen molar-refractivity contribution in [3.05, 3.63) is 82.9 Å². The third kappa shape index (κ3) is 5.09. The van der Waals surface area contributed by atoms with Crippen LogP contribution in [0.5, 0.6) is 0 Å². The van der Waals surface area contributed by atoms with Gasteiger partial charge in [-0.3, -0.25) is 0 Å². The number of nitrogen functional groups attached to an aromatic ring is 2. The van der Waals surface area contributed by atoms with Crippen molar-refractivity contribution in [1.82, 2.24) is 9.97 Å². The molecule has 0 amide bonds. The highest BCUT2D eigenvalue weighted by Crippen LogP contribution is 2.38. The van der Waals surface area contributed by atoms with E-state index in [0.717, 1.165) is 0 Å². The SMILES string of the molecule is N#Cc1c(N)nc(SCCSc2nc(N)c(C#N)c(-c3ccccc3)c2C#N)c(C#N)c1-c1ccccc1. The van der Waals surface area contributed by atoms with Gasteiger partial charge >= 0.3 is 0 Å². The predicted octanol–water partition coefficient (Wildman–Crippen LogP) is 5.35. The zero-order chi connectivity index (χ0) is 27.1. The van der Waals surface area contributed by atoms with Crippen molar-refractivity contribution in [1.29, 1.82) is 21.0 Å². The van der Waals surface area contributed by atoms with Gasteiger partial charge in [-0.1, -0.05) is 60.7 Å². The summed E-state index contributed by atoms with van der Waals surface area (Å²) in [6, 6.07) is 26.8. The summed E-state index contributed by atoms with van der Waals surface area (Å²) in [5.74, 6) is 1.11. The van der Waals surface area contributed by atoms with Crippen LogP contribution in [0.4, 0.5) is 11.6 Å². The molecule has 0 bridgehead atoms. The van der Waals surface area contributed by atoms with E-state index in [4.69, 9.17) is 11.5 Å². The Bertz CT molecular complexity index is 1550. The maximum Gasteiger partial charge on any atom is 0.143 e. The van der Waals surface area contributed by atoms with Crippen LogP contribution in [-0.4, -0.2) is 21.5 Å². The maximum atomic E-state index is 9.95.